The van der Waals surface area contributed by atoms with E-state index >= 15 is 0 Å². The van der Waals surface area contributed by atoms with Crippen molar-refractivity contribution in [3.8, 4) is 0 Å². The smallest absolute Gasteiger partial charge is 0.187 e. The van der Waals surface area contributed by atoms with E-state index in [1.807, 2.05) is 19.1 Å². The Balaban J connectivity index is 3.11. The third-order valence-corrected chi connectivity index (χ3v) is 3.74. The van der Waals surface area contributed by atoms with Gasteiger partial charge in [-0.1, -0.05) is 53.6 Å². The van der Waals surface area contributed by atoms with Crippen LogP contribution < -0.4 is 0 Å². The Morgan fingerprint density at radius 3 is 2.72 bits per heavy atom. The van der Waals surface area contributed by atoms with Crippen LogP contribution in [0.3, 0.4) is 0 Å². The van der Waals surface area contributed by atoms with Crippen LogP contribution in [0.5, 0.6) is 0 Å². The molecule has 100 valence electrons. The lowest BCUT2D eigenvalue weighted by molar-refractivity contribution is -0.125. The van der Waals surface area contributed by atoms with Gasteiger partial charge in [-0.15, -0.1) is 0 Å². The lowest BCUT2D eigenvalue weighted by Crippen LogP contribution is -2.35. The van der Waals surface area contributed by atoms with Crippen LogP contribution in [0.2, 0.25) is 0 Å². The van der Waals surface area contributed by atoms with Crippen LogP contribution in [-0.2, 0) is 4.79 Å². The molecule has 0 saturated heterocycles. The van der Waals surface area contributed by atoms with E-state index in [9.17, 15) is 9.90 Å². The van der Waals surface area contributed by atoms with Gasteiger partial charge in [0.15, 0.2) is 5.78 Å². The van der Waals surface area contributed by atoms with E-state index in [2.05, 4.69) is 35.9 Å². The fourth-order valence-electron chi connectivity index (χ4n) is 2.33. The Bertz CT molecular complexity index is 428. The van der Waals surface area contributed by atoms with Crippen molar-refractivity contribution in [1.29, 1.82) is 0 Å². The highest BCUT2D eigenvalue weighted by Gasteiger charge is 2.36. The molecule has 0 aromatic heterocycles. The number of halogens is 1. The van der Waals surface area contributed by atoms with Gasteiger partial charge in [0, 0.05) is 5.33 Å². The summed E-state index contributed by atoms with van der Waals surface area (Å²) in [6.45, 7) is 7.96. The van der Waals surface area contributed by atoms with Crippen LogP contribution in [-0.4, -0.2) is 22.3 Å². The molecule has 0 spiro atoms. The standard InChI is InChI=1S/C15H21BrO2/c1-10(7-8-16)5-6-12-11(2)14(18)13(17)9-15(12,3)4/h5-7,13,17H,8-9H2,1-4H3. The van der Waals surface area contributed by atoms with Gasteiger partial charge in [0.25, 0.3) is 0 Å². The molecule has 0 saturated carbocycles. The number of carbonyl (C=O) groups is 1. The van der Waals surface area contributed by atoms with Gasteiger partial charge in [0.2, 0.25) is 0 Å². The molecule has 0 fully saturated rings. The van der Waals surface area contributed by atoms with E-state index in [1.165, 1.54) is 0 Å². The number of rotatable bonds is 3. The number of Topliss-reactive ketones (excluding diaryl/α,β-unsaturated/α-hetero) is 1. The first kappa shape index (κ1) is 15.4. The first-order valence-corrected chi connectivity index (χ1v) is 7.26. The van der Waals surface area contributed by atoms with E-state index in [4.69, 9.17) is 0 Å². The Morgan fingerprint density at radius 1 is 1.56 bits per heavy atom. The minimum Gasteiger partial charge on any atom is -0.385 e. The number of aliphatic hydroxyl groups is 1. The first-order chi connectivity index (χ1) is 8.29. The summed E-state index contributed by atoms with van der Waals surface area (Å²) in [7, 11) is 0. The molecule has 0 radical (unpaired) electrons. The van der Waals surface area contributed by atoms with E-state index in [0.29, 0.717) is 12.0 Å². The van der Waals surface area contributed by atoms with Gasteiger partial charge in [-0.25, -0.2) is 0 Å². The average Bonchev–Trinajstić information content (AvgIpc) is 2.25. The Hall–Kier alpha value is -0.670. The fraction of sp³-hybridized carbons (Fsp3) is 0.533. The largest absolute Gasteiger partial charge is 0.385 e. The molecule has 1 rings (SSSR count). The van der Waals surface area contributed by atoms with Crippen LogP contribution >= 0.6 is 15.9 Å². The SMILES string of the molecule is CC(C=CC1=C(C)C(=O)C(O)CC1(C)C)=CCBr. The maximum absolute atomic E-state index is 11.8. The molecule has 0 aromatic carbocycles. The zero-order valence-corrected chi connectivity index (χ0v) is 13.0. The molecule has 0 heterocycles. The lowest BCUT2D eigenvalue weighted by atomic mass is 9.71. The van der Waals surface area contributed by atoms with E-state index in [-0.39, 0.29) is 11.2 Å². The number of alkyl halides is 1. The molecule has 1 atom stereocenters. The van der Waals surface area contributed by atoms with Crippen molar-refractivity contribution in [1.82, 2.24) is 0 Å². The minimum atomic E-state index is -0.851. The highest BCUT2D eigenvalue weighted by Crippen LogP contribution is 2.39. The fourth-order valence-corrected chi connectivity index (χ4v) is 2.84. The molecule has 0 amide bonds. The molecule has 18 heavy (non-hydrogen) atoms. The number of aliphatic hydroxyl groups excluding tert-OH is 1. The Morgan fingerprint density at radius 2 is 2.17 bits per heavy atom. The second kappa shape index (κ2) is 5.98. The van der Waals surface area contributed by atoms with E-state index in [1.54, 1.807) is 6.92 Å². The quantitative estimate of drug-likeness (QED) is 0.639. The molecule has 0 aromatic rings. The molecule has 1 unspecified atom stereocenters. The molecular formula is C15H21BrO2. The Kier molecular flexibility index (Phi) is 5.11. The van der Waals surface area contributed by atoms with Crippen LogP contribution in [0.25, 0.3) is 0 Å². The van der Waals surface area contributed by atoms with Crippen LogP contribution in [0.4, 0.5) is 0 Å². The predicted molar refractivity (Wildman–Crippen MR) is 78.8 cm³/mol. The summed E-state index contributed by atoms with van der Waals surface area (Å²) < 4.78 is 0. The molecule has 0 aliphatic heterocycles. The number of hydrogen-bond donors (Lipinski definition) is 1. The van der Waals surface area contributed by atoms with Crippen molar-refractivity contribution >= 4 is 21.7 Å². The number of hydrogen-bond acceptors (Lipinski definition) is 2. The highest BCUT2D eigenvalue weighted by molar-refractivity contribution is 9.09. The van der Waals surface area contributed by atoms with Crippen LogP contribution in [0.15, 0.2) is 34.9 Å². The maximum Gasteiger partial charge on any atom is 0.187 e. The average molecular weight is 313 g/mol. The zero-order chi connectivity index (χ0) is 13.9. The third-order valence-electron chi connectivity index (χ3n) is 3.42. The number of carbonyl (C=O) groups excluding carboxylic acids is 1. The molecule has 3 heteroatoms. The second-order valence-electron chi connectivity index (χ2n) is 5.44. The van der Waals surface area contributed by atoms with Crippen molar-refractivity contribution < 1.29 is 9.90 Å². The maximum atomic E-state index is 11.8. The molecule has 1 aliphatic rings. The summed E-state index contributed by atoms with van der Waals surface area (Å²) in [5, 5.41) is 10.6. The normalized spacial score (nSPS) is 25.1. The van der Waals surface area contributed by atoms with E-state index in [0.717, 1.165) is 16.5 Å². The third kappa shape index (κ3) is 3.42. The zero-order valence-electron chi connectivity index (χ0n) is 11.5. The summed E-state index contributed by atoms with van der Waals surface area (Å²) >= 11 is 3.36. The van der Waals surface area contributed by atoms with Gasteiger partial charge in [0.1, 0.15) is 6.10 Å². The van der Waals surface area contributed by atoms with Gasteiger partial charge in [-0.05, 0) is 36.8 Å². The van der Waals surface area contributed by atoms with Crippen molar-refractivity contribution in [3.05, 3.63) is 34.9 Å². The van der Waals surface area contributed by atoms with Gasteiger partial charge in [-0.2, -0.15) is 0 Å². The Labute approximate surface area is 118 Å². The summed E-state index contributed by atoms with van der Waals surface area (Å²) in [5.74, 6) is -0.143. The van der Waals surface area contributed by atoms with Crippen LogP contribution in [0, 0.1) is 5.41 Å². The first-order valence-electron chi connectivity index (χ1n) is 6.14. The highest BCUT2D eigenvalue weighted by atomic mass is 79.9. The van der Waals surface area contributed by atoms with Crippen molar-refractivity contribution in [2.45, 2.75) is 40.2 Å². The number of ketones is 1. The van der Waals surface area contributed by atoms with Crippen molar-refractivity contribution in [3.63, 3.8) is 0 Å². The summed E-state index contributed by atoms with van der Waals surface area (Å²) in [4.78, 5) is 11.8. The van der Waals surface area contributed by atoms with Crippen LogP contribution in [0.1, 0.15) is 34.1 Å². The number of allylic oxidation sites excluding steroid dienone is 5. The molecule has 0 bridgehead atoms. The van der Waals surface area contributed by atoms with Gasteiger partial charge < -0.3 is 5.11 Å². The molecule has 1 aliphatic carbocycles. The van der Waals surface area contributed by atoms with E-state index < -0.39 is 6.10 Å². The monoisotopic (exact) mass is 312 g/mol. The lowest BCUT2D eigenvalue weighted by Gasteiger charge is -2.34. The predicted octanol–water partition coefficient (Wildman–Crippen LogP) is 3.56. The van der Waals surface area contributed by atoms with Crippen molar-refractivity contribution in [2.24, 2.45) is 5.41 Å². The van der Waals surface area contributed by atoms with Gasteiger partial charge in [-0.3, -0.25) is 4.79 Å². The van der Waals surface area contributed by atoms with Crippen molar-refractivity contribution in [2.75, 3.05) is 5.33 Å². The minimum absolute atomic E-state index is 0.143. The van der Waals surface area contributed by atoms with Gasteiger partial charge >= 0.3 is 0 Å². The molecular weight excluding hydrogens is 292 g/mol. The molecule has 1 N–H and O–H groups in total. The summed E-state index contributed by atoms with van der Waals surface area (Å²) in [5.41, 5.74) is 2.70. The second-order valence-corrected chi connectivity index (χ2v) is 6.09. The summed E-state index contributed by atoms with van der Waals surface area (Å²) in [6.07, 6.45) is 5.74. The summed E-state index contributed by atoms with van der Waals surface area (Å²) in [6, 6.07) is 0. The topological polar surface area (TPSA) is 37.3 Å². The molecule has 2 nitrogen and oxygen atoms in total. The van der Waals surface area contributed by atoms with Gasteiger partial charge in [0.05, 0.1) is 0 Å².